The molecule has 4 unspecified atom stereocenters. The monoisotopic (exact) mass is 226 g/mol. The molecule has 94 valence electrons. The number of fused-ring (bicyclic) bond motifs is 2. The van der Waals surface area contributed by atoms with E-state index >= 15 is 0 Å². The minimum absolute atomic E-state index is 0.396. The van der Waals surface area contributed by atoms with Gasteiger partial charge in [0.1, 0.15) is 0 Å². The summed E-state index contributed by atoms with van der Waals surface area (Å²) < 4.78 is 5.90. The number of hydrogen-bond donors (Lipinski definition) is 2. The molecule has 0 aromatic heterocycles. The van der Waals surface area contributed by atoms with Crippen LogP contribution in [-0.4, -0.2) is 18.2 Å². The van der Waals surface area contributed by atoms with Crippen LogP contribution in [0, 0.1) is 11.3 Å². The van der Waals surface area contributed by atoms with E-state index in [1.807, 2.05) is 0 Å². The van der Waals surface area contributed by atoms with Gasteiger partial charge in [0.15, 0.2) is 0 Å². The van der Waals surface area contributed by atoms with E-state index in [1.54, 1.807) is 0 Å². The molecule has 2 saturated heterocycles. The standard InChI is InChI=1S/C13H26N2O/c1-13(2,3)7-6-11(15-14)10-8-9-4-5-12(10)16-9/h9-12,15H,4-8,14H2,1-3H3. The summed E-state index contributed by atoms with van der Waals surface area (Å²) in [7, 11) is 0. The molecule has 0 aromatic carbocycles. The highest BCUT2D eigenvalue weighted by molar-refractivity contribution is 4.94. The van der Waals surface area contributed by atoms with Gasteiger partial charge in [-0.05, 0) is 37.5 Å². The molecule has 2 rings (SSSR count). The largest absolute Gasteiger partial charge is 0.375 e. The maximum atomic E-state index is 5.90. The topological polar surface area (TPSA) is 47.3 Å². The van der Waals surface area contributed by atoms with Crippen LogP contribution in [0.5, 0.6) is 0 Å². The van der Waals surface area contributed by atoms with Crippen molar-refractivity contribution in [1.82, 2.24) is 5.43 Å². The van der Waals surface area contributed by atoms with Crippen LogP contribution >= 0.6 is 0 Å². The summed E-state index contributed by atoms with van der Waals surface area (Å²) >= 11 is 0. The Morgan fingerprint density at radius 2 is 2.12 bits per heavy atom. The van der Waals surface area contributed by atoms with Crippen LogP contribution in [-0.2, 0) is 4.74 Å². The number of rotatable bonds is 4. The fourth-order valence-corrected chi connectivity index (χ4v) is 3.11. The van der Waals surface area contributed by atoms with Gasteiger partial charge in [-0.15, -0.1) is 0 Å². The van der Waals surface area contributed by atoms with E-state index in [4.69, 9.17) is 10.6 Å². The van der Waals surface area contributed by atoms with Crippen LogP contribution in [0.4, 0.5) is 0 Å². The second-order valence-electron chi connectivity index (χ2n) is 6.65. The van der Waals surface area contributed by atoms with Crippen LogP contribution in [0.25, 0.3) is 0 Å². The molecule has 2 fully saturated rings. The van der Waals surface area contributed by atoms with E-state index in [2.05, 4.69) is 26.2 Å². The lowest BCUT2D eigenvalue weighted by Crippen LogP contribution is -2.44. The van der Waals surface area contributed by atoms with Gasteiger partial charge in [-0.1, -0.05) is 20.8 Å². The fourth-order valence-electron chi connectivity index (χ4n) is 3.11. The maximum Gasteiger partial charge on any atom is 0.0624 e. The summed E-state index contributed by atoms with van der Waals surface area (Å²) in [5, 5.41) is 0. The molecule has 3 N–H and O–H groups in total. The summed E-state index contributed by atoms with van der Waals surface area (Å²) in [6.45, 7) is 6.87. The Kier molecular flexibility index (Phi) is 3.57. The third-order valence-corrected chi connectivity index (χ3v) is 4.09. The summed E-state index contributed by atoms with van der Waals surface area (Å²) in [6, 6.07) is 0.439. The second kappa shape index (κ2) is 4.63. The Morgan fingerprint density at radius 1 is 1.38 bits per heavy atom. The van der Waals surface area contributed by atoms with Crippen molar-refractivity contribution in [2.75, 3.05) is 0 Å². The first-order chi connectivity index (χ1) is 7.49. The molecule has 0 radical (unpaired) electrons. The SMILES string of the molecule is CC(C)(C)CCC(NN)C1CC2CCC1O2. The molecule has 4 atom stereocenters. The first kappa shape index (κ1) is 12.3. The van der Waals surface area contributed by atoms with Crippen molar-refractivity contribution in [3.05, 3.63) is 0 Å². The number of nitrogens with one attached hydrogen (secondary N) is 1. The number of ether oxygens (including phenoxy) is 1. The molecule has 0 amide bonds. The van der Waals surface area contributed by atoms with Crippen molar-refractivity contribution in [2.45, 2.75) is 71.1 Å². The molecule has 0 saturated carbocycles. The van der Waals surface area contributed by atoms with E-state index in [-0.39, 0.29) is 0 Å². The Morgan fingerprint density at radius 3 is 2.56 bits per heavy atom. The zero-order chi connectivity index (χ0) is 11.8. The summed E-state index contributed by atoms with van der Waals surface area (Å²) in [4.78, 5) is 0. The average molecular weight is 226 g/mol. The average Bonchev–Trinajstić information content (AvgIpc) is 2.78. The van der Waals surface area contributed by atoms with Gasteiger partial charge in [-0.25, -0.2) is 0 Å². The van der Waals surface area contributed by atoms with Crippen LogP contribution in [0.2, 0.25) is 0 Å². The Labute approximate surface area is 99.1 Å². The third-order valence-electron chi connectivity index (χ3n) is 4.09. The van der Waals surface area contributed by atoms with Crippen molar-refractivity contribution in [1.29, 1.82) is 0 Å². The van der Waals surface area contributed by atoms with Gasteiger partial charge in [0.25, 0.3) is 0 Å². The lowest BCUT2D eigenvalue weighted by molar-refractivity contribution is 0.0837. The molecule has 2 aliphatic rings. The lowest BCUT2D eigenvalue weighted by Gasteiger charge is -2.30. The van der Waals surface area contributed by atoms with E-state index in [0.29, 0.717) is 29.6 Å². The predicted molar refractivity (Wildman–Crippen MR) is 65.8 cm³/mol. The molecule has 2 bridgehead atoms. The van der Waals surface area contributed by atoms with Crippen molar-refractivity contribution in [3.8, 4) is 0 Å². The van der Waals surface area contributed by atoms with Gasteiger partial charge < -0.3 is 4.74 Å². The Balaban J connectivity index is 1.86. The molecule has 2 aliphatic heterocycles. The van der Waals surface area contributed by atoms with Gasteiger partial charge in [-0.3, -0.25) is 11.3 Å². The van der Waals surface area contributed by atoms with E-state index < -0.39 is 0 Å². The normalized spacial score (nSPS) is 35.6. The highest BCUT2D eigenvalue weighted by Crippen LogP contribution is 2.41. The molecule has 3 heteroatoms. The van der Waals surface area contributed by atoms with Crippen molar-refractivity contribution < 1.29 is 4.74 Å². The highest BCUT2D eigenvalue weighted by atomic mass is 16.5. The predicted octanol–water partition coefficient (Wildman–Crippen LogP) is 2.21. The van der Waals surface area contributed by atoms with Crippen LogP contribution < -0.4 is 11.3 Å². The van der Waals surface area contributed by atoms with E-state index in [0.717, 1.165) is 6.42 Å². The van der Waals surface area contributed by atoms with Crippen LogP contribution in [0.1, 0.15) is 52.9 Å². The van der Waals surface area contributed by atoms with Crippen LogP contribution in [0.15, 0.2) is 0 Å². The summed E-state index contributed by atoms with van der Waals surface area (Å²) in [5.41, 5.74) is 3.42. The number of hydrazine groups is 1. The number of hydrogen-bond acceptors (Lipinski definition) is 3. The lowest BCUT2D eigenvalue weighted by atomic mass is 9.79. The van der Waals surface area contributed by atoms with Crippen molar-refractivity contribution in [3.63, 3.8) is 0 Å². The third kappa shape index (κ3) is 2.76. The molecule has 16 heavy (non-hydrogen) atoms. The zero-order valence-corrected chi connectivity index (χ0v) is 10.8. The highest BCUT2D eigenvalue weighted by Gasteiger charge is 2.44. The summed E-state index contributed by atoms with van der Waals surface area (Å²) in [5.74, 6) is 6.35. The molecule has 0 aromatic rings. The molecular weight excluding hydrogens is 200 g/mol. The minimum Gasteiger partial charge on any atom is -0.375 e. The van der Waals surface area contributed by atoms with Gasteiger partial charge >= 0.3 is 0 Å². The molecule has 0 spiro atoms. The van der Waals surface area contributed by atoms with Gasteiger partial charge in [0.2, 0.25) is 0 Å². The maximum absolute atomic E-state index is 5.90. The molecule has 3 nitrogen and oxygen atoms in total. The zero-order valence-electron chi connectivity index (χ0n) is 10.8. The van der Waals surface area contributed by atoms with E-state index in [1.165, 1.54) is 25.7 Å². The Hall–Kier alpha value is -0.120. The van der Waals surface area contributed by atoms with Crippen molar-refractivity contribution in [2.24, 2.45) is 17.2 Å². The van der Waals surface area contributed by atoms with Crippen molar-refractivity contribution >= 4 is 0 Å². The van der Waals surface area contributed by atoms with Gasteiger partial charge in [0, 0.05) is 12.0 Å². The Bertz CT molecular complexity index is 237. The quantitative estimate of drug-likeness (QED) is 0.571. The fraction of sp³-hybridized carbons (Fsp3) is 1.00. The first-order valence-corrected chi connectivity index (χ1v) is 6.61. The number of nitrogens with two attached hydrogens (primary N) is 1. The van der Waals surface area contributed by atoms with Crippen LogP contribution in [0.3, 0.4) is 0 Å². The molecule has 0 aliphatic carbocycles. The van der Waals surface area contributed by atoms with E-state index in [9.17, 15) is 0 Å². The molecule has 2 heterocycles. The first-order valence-electron chi connectivity index (χ1n) is 6.61. The molecular formula is C13H26N2O. The smallest absolute Gasteiger partial charge is 0.0624 e. The van der Waals surface area contributed by atoms with Gasteiger partial charge in [-0.2, -0.15) is 0 Å². The second-order valence-corrected chi connectivity index (χ2v) is 6.65. The minimum atomic E-state index is 0.396. The summed E-state index contributed by atoms with van der Waals surface area (Å²) in [6.07, 6.45) is 7.10. The van der Waals surface area contributed by atoms with Gasteiger partial charge in [0.05, 0.1) is 12.2 Å².